The van der Waals surface area contributed by atoms with Crippen molar-refractivity contribution in [2.75, 3.05) is 13.2 Å². The lowest BCUT2D eigenvalue weighted by Crippen LogP contribution is -2.46. The molecule has 0 spiro atoms. The van der Waals surface area contributed by atoms with Gasteiger partial charge in [-0.1, -0.05) is 53.8 Å². The van der Waals surface area contributed by atoms with Crippen molar-refractivity contribution in [3.63, 3.8) is 0 Å². The van der Waals surface area contributed by atoms with Crippen LogP contribution in [-0.4, -0.2) is 55.5 Å². The summed E-state index contributed by atoms with van der Waals surface area (Å²) in [7, 11) is 0. The van der Waals surface area contributed by atoms with Crippen molar-refractivity contribution in [3.8, 4) is 17.3 Å². The van der Waals surface area contributed by atoms with E-state index in [0.717, 1.165) is 28.4 Å². The van der Waals surface area contributed by atoms with Gasteiger partial charge in [0.05, 0.1) is 17.1 Å². The fourth-order valence-corrected chi connectivity index (χ4v) is 6.60. The van der Waals surface area contributed by atoms with Crippen LogP contribution in [0.4, 0.5) is 0 Å². The van der Waals surface area contributed by atoms with Crippen LogP contribution in [0.3, 0.4) is 0 Å². The van der Waals surface area contributed by atoms with Crippen LogP contribution in [0.5, 0.6) is 5.75 Å². The highest BCUT2D eigenvalue weighted by atomic mass is 32.1. The normalized spacial score (nSPS) is 15.8. The van der Waals surface area contributed by atoms with E-state index in [1.807, 2.05) is 71.8 Å². The Hall–Kier alpha value is -4.55. The third-order valence-electron chi connectivity index (χ3n) is 7.24. The highest BCUT2D eigenvalue weighted by molar-refractivity contribution is 7.16. The predicted octanol–water partition coefficient (Wildman–Crippen LogP) is 5.51. The molecule has 6 aromatic rings. The molecule has 212 valence electrons. The molecule has 0 bridgehead atoms. The van der Waals surface area contributed by atoms with Gasteiger partial charge in [-0.2, -0.15) is 5.10 Å². The Labute approximate surface area is 248 Å². The molecule has 1 aliphatic rings. The summed E-state index contributed by atoms with van der Waals surface area (Å²) in [6.07, 6.45) is 3.44. The average Bonchev–Trinajstić information content (AvgIpc) is 3.82. The standard InChI is InChI=1S/C30H26N6O4S2/c1-18-34-36-16-21(31-30(36)42-18)28-33-26-22(11-5-12-23(26)40-28)39-17-20-10-6-14-35(20)29(38)25(19-8-3-2-4-9-19)32-27(37)24-13-7-15-41-24/h2-5,7-9,11-13,15-16,20,25H,6,10,14,17H2,1H3,(H,32,37)/t20-,25-/m1/s1. The number of oxazole rings is 1. The minimum absolute atomic E-state index is 0.150. The van der Waals surface area contributed by atoms with Crippen molar-refractivity contribution in [1.82, 2.24) is 29.8 Å². The molecule has 12 heteroatoms. The van der Waals surface area contributed by atoms with Crippen LogP contribution in [0.2, 0.25) is 0 Å². The molecule has 0 radical (unpaired) electrons. The molecule has 0 unspecified atom stereocenters. The molecule has 0 aliphatic carbocycles. The topological polar surface area (TPSA) is 115 Å². The third kappa shape index (κ3) is 5.03. The largest absolute Gasteiger partial charge is 0.489 e. The number of thiophene rings is 1. The second-order valence-corrected chi connectivity index (χ2v) is 12.1. The number of carbonyl (C=O) groups is 2. The Morgan fingerprint density at radius 1 is 1.12 bits per heavy atom. The van der Waals surface area contributed by atoms with Crippen molar-refractivity contribution in [1.29, 1.82) is 0 Å². The number of imidazole rings is 1. The van der Waals surface area contributed by atoms with E-state index in [9.17, 15) is 9.59 Å². The van der Waals surface area contributed by atoms with E-state index in [-0.39, 0.29) is 24.5 Å². The first-order valence-corrected chi connectivity index (χ1v) is 15.3. The minimum Gasteiger partial charge on any atom is -0.489 e. The molecule has 0 saturated carbocycles. The second-order valence-electron chi connectivity index (χ2n) is 10.0. The molecule has 7 rings (SSSR count). The van der Waals surface area contributed by atoms with Gasteiger partial charge in [-0.25, -0.2) is 14.5 Å². The summed E-state index contributed by atoms with van der Waals surface area (Å²) in [6, 6.07) is 17.5. The molecule has 2 aromatic carbocycles. The molecular weight excluding hydrogens is 573 g/mol. The number of carbonyl (C=O) groups excluding carboxylic acids is 2. The number of para-hydroxylation sites is 1. The summed E-state index contributed by atoms with van der Waals surface area (Å²) in [5.41, 5.74) is 2.51. The smallest absolute Gasteiger partial charge is 0.262 e. The molecule has 2 amide bonds. The van der Waals surface area contributed by atoms with Gasteiger partial charge >= 0.3 is 0 Å². The highest BCUT2D eigenvalue weighted by Gasteiger charge is 2.35. The summed E-state index contributed by atoms with van der Waals surface area (Å²) in [5.74, 6) is 0.544. The molecule has 10 nitrogen and oxygen atoms in total. The number of benzene rings is 2. The van der Waals surface area contributed by atoms with Crippen LogP contribution in [0.25, 0.3) is 27.6 Å². The number of hydrogen-bond acceptors (Lipinski definition) is 9. The van der Waals surface area contributed by atoms with Crippen molar-refractivity contribution in [3.05, 3.63) is 87.7 Å². The second kappa shape index (κ2) is 11.0. The lowest BCUT2D eigenvalue weighted by Gasteiger charge is -2.29. The Morgan fingerprint density at radius 3 is 2.81 bits per heavy atom. The number of fused-ring (bicyclic) bond motifs is 2. The SMILES string of the molecule is Cc1nn2cc(-c3nc4c(OC[C@H]5CCCN5C(=O)[C@H](NC(=O)c5cccs5)c5ccccc5)cccc4o3)nc2s1. The quantitative estimate of drug-likeness (QED) is 0.246. The number of rotatable bonds is 8. The Kier molecular flexibility index (Phi) is 6.92. The minimum atomic E-state index is -0.800. The molecular formula is C30H26N6O4S2. The number of hydrogen-bond donors (Lipinski definition) is 1. The monoisotopic (exact) mass is 598 g/mol. The van der Waals surface area contributed by atoms with Gasteiger partial charge in [0.25, 0.3) is 5.91 Å². The van der Waals surface area contributed by atoms with E-state index < -0.39 is 6.04 Å². The van der Waals surface area contributed by atoms with Gasteiger partial charge in [0, 0.05) is 6.54 Å². The van der Waals surface area contributed by atoms with Gasteiger partial charge in [0.15, 0.2) is 11.1 Å². The molecule has 42 heavy (non-hydrogen) atoms. The number of aryl methyl sites for hydroxylation is 1. The van der Waals surface area contributed by atoms with Crippen LogP contribution in [0.1, 0.15) is 39.1 Å². The Morgan fingerprint density at radius 2 is 2.00 bits per heavy atom. The lowest BCUT2D eigenvalue weighted by atomic mass is 10.0. The predicted molar refractivity (Wildman–Crippen MR) is 160 cm³/mol. The van der Waals surface area contributed by atoms with Gasteiger partial charge < -0.3 is 19.4 Å². The zero-order valence-corrected chi connectivity index (χ0v) is 24.2. The maximum atomic E-state index is 13.9. The van der Waals surface area contributed by atoms with E-state index in [4.69, 9.17) is 9.15 Å². The van der Waals surface area contributed by atoms with Crippen molar-refractivity contribution >= 4 is 50.5 Å². The molecule has 1 N–H and O–H groups in total. The zero-order valence-electron chi connectivity index (χ0n) is 22.6. The number of nitrogens with one attached hydrogen (secondary N) is 1. The van der Waals surface area contributed by atoms with Crippen LogP contribution in [-0.2, 0) is 4.79 Å². The van der Waals surface area contributed by atoms with E-state index >= 15 is 0 Å². The molecule has 1 fully saturated rings. The molecule has 1 aliphatic heterocycles. The van der Waals surface area contributed by atoms with Gasteiger partial charge in [-0.05, 0) is 48.9 Å². The maximum Gasteiger partial charge on any atom is 0.262 e. The van der Waals surface area contributed by atoms with Gasteiger partial charge in [-0.3, -0.25) is 9.59 Å². The lowest BCUT2D eigenvalue weighted by molar-refractivity contribution is -0.134. The molecule has 2 atom stereocenters. The maximum absolute atomic E-state index is 13.9. The highest BCUT2D eigenvalue weighted by Crippen LogP contribution is 2.32. The molecule has 4 aromatic heterocycles. The van der Waals surface area contributed by atoms with Crippen molar-refractivity contribution in [2.45, 2.75) is 31.8 Å². The van der Waals surface area contributed by atoms with Crippen LogP contribution >= 0.6 is 22.7 Å². The first-order chi connectivity index (χ1) is 20.5. The number of amides is 2. The Balaban J connectivity index is 1.10. The van der Waals surface area contributed by atoms with Crippen LogP contribution in [0, 0.1) is 6.92 Å². The van der Waals surface area contributed by atoms with Gasteiger partial charge in [-0.15, -0.1) is 11.3 Å². The average molecular weight is 599 g/mol. The summed E-state index contributed by atoms with van der Waals surface area (Å²) in [4.78, 5) is 39.3. The van der Waals surface area contributed by atoms with E-state index in [1.54, 1.807) is 16.8 Å². The number of aromatic nitrogens is 4. The van der Waals surface area contributed by atoms with Gasteiger partial charge in [0.2, 0.25) is 16.8 Å². The summed E-state index contributed by atoms with van der Waals surface area (Å²) >= 11 is 2.84. The van der Waals surface area contributed by atoms with E-state index in [2.05, 4.69) is 20.4 Å². The fraction of sp³-hybridized carbons (Fsp3) is 0.233. The van der Waals surface area contributed by atoms with Gasteiger partial charge in [0.1, 0.15) is 29.1 Å². The first kappa shape index (κ1) is 26.4. The molecule has 1 saturated heterocycles. The summed E-state index contributed by atoms with van der Waals surface area (Å²) in [5, 5.41) is 10.1. The zero-order chi connectivity index (χ0) is 28.6. The third-order valence-corrected chi connectivity index (χ3v) is 8.94. The van der Waals surface area contributed by atoms with E-state index in [0.29, 0.717) is 39.9 Å². The van der Waals surface area contributed by atoms with Crippen LogP contribution < -0.4 is 10.1 Å². The van der Waals surface area contributed by atoms with Crippen LogP contribution in [0.15, 0.2) is 76.7 Å². The summed E-state index contributed by atoms with van der Waals surface area (Å²) in [6.45, 7) is 2.81. The van der Waals surface area contributed by atoms with Crippen molar-refractivity contribution in [2.24, 2.45) is 0 Å². The first-order valence-electron chi connectivity index (χ1n) is 13.6. The fourth-order valence-electron chi connectivity index (χ4n) is 5.25. The Bertz CT molecular complexity index is 1850. The van der Waals surface area contributed by atoms with Crippen molar-refractivity contribution < 1.29 is 18.7 Å². The number of ether oxygens (including phenoxy) is 1. The molecule has 5 heterocycles. The number of likely N-dealkylation sites (tertiary alicyclic amines) is 1. The summed E-state index contributed by atoms with van der Waals surface area (Å²) < 4.78 is 14.0. The van der Waals surface area contributed by atoms with E-state index in [1.165, 1.54) is 22.7 Å². The number of nitrogens with zero attached hydrogens (tertiary/aromatic N) is 5.